The fraction of sp³-hybridized carbons (Fsp3) is 0.349. The highest BCUT2D eigenvalue weighted by Crippen LogP contribution is 2.31. The molecular formula is C43H50N5O6+. The first-order valence-corrected chi connectivity index (χ1v) is 18.3. The van der Waals surface area contributed by atoms with Gasteiger partial charge in [-0.3, -0.25) is 24.7 Å². The molecule has 0 bridgehead atoms. The second kappa shape index (κ2) is 15.6. The molecule has 1 aliphatic rings. The zero-order valence-electron chi connectivity index (χ0n) is 32.9. The Balaban J connectivity index is 0.00000276. The molecule has 0 aliphatic carbocycles. The monoisotopic (exact) mass is 732 g/mol. The maximum atomic E-state index is 13.9. The number of rotatable bonds is 7. The van der Waals surface area contributed by atoms with Gasteiger partial charge in [0.15, 0.2) is 0 Å². The Morgan fingerprint density at radius 2 is 1.30 bits per heavy atom. The van der Waals surface area contributed by atoms with E-state index in [1.54, 1.807) is 49.9 Å². The summed E-state index contributed by atoms with van der Waals surface area (Å²) in [5.74, 6) is -0.687. The van der Waals surface area contributed by atoms with E-state index in [1.165, 1.54) is 4.90 Å². The molecule has 0 saturated heterocycles. The second-order valence-electron chi connectivity index (χ2n) is 15.0. The van der Waals surface area contributed by atoms with Crippen molar-refractivity contribution >= 4 is 57.4 Å². The average molecular weight is 733 g/mol. The summed E-state index contributed by atoms with van der Waals surface area (Å²) < 4.78 is 13.5. The minimum Gasteiger partial charge on any atom is -0.444 e. The molecule has 0 saturated carbocycles. The molecule has 0 unspecified atom stereocenters. The number of anilines is 2. The Bertz CT molecular complexity index is 2200. The predicted molar refractivity (Wildman–Crippen MR) is 211 cm³/mol. The minimum absolute atomic E-state index is 0.126. The molecule has 4 amide bonds. The number of hydrogen-bond donors (Lipinski definition) is 1. The number of carbonyl (C=O) groups excluding carboxylic acids is 4. The van der Waals surface area contributed by atoms with Gasteiger partial charge in [0, 0.05) is 37.4 Å². The van der Waals surface area contributed by atoms with Gasteiger partial charge in [-0.25, -0.2) is 14.6 Å². The van der Waals surface area contributed by atoms with Gasteiger partial charge >= 0.3 is 12.2 Å². The smallest absolute Gasteiger partial charge is 0.414 e. The molecule has 0 spiro atoms. The summed E-state index contributed by atoms with van der Waals surface area (Å²) in [5.41, 5.74) is 5.75. The molecule has 54 heavy (non-hydrogen) atoms. The number of aromatic nitrogens is 2. The van der Waals surface area contributed by atoms with E-state index >= 15 is 0 Å². The van der Waals surface area contributed by atoms with Crippen LogP contribution in [0.5, 0.6) is 0 Å². The number of benzene rings is 4. The Hall–Kier alpha value is -5.84. The first-order chi connectivity index (χ1) is 25.5. The first kappa shape index (κ1) is 39.4. The predicted octanol–water partition coefficient (Wildman–Crippen LogP) is 9.08. The summed E-state index contributed by atoms with van der Waals surface area (Å²) in [6, 6.07) is 24.2. The summed E-state index contributed by atoms with van der Waals surface area (Å²) in [5, 5.41) is 2.90. The number of para-hydroxylation sites is 1. The topological polar surface area (TPSA) is 122 Å². The fourth-order valence-corrected chi connectivity index (χ4v) is 6.30. The number of nitrogens with one attached hydrogen (secondary N) is 1. The third kappa shape index (κ3) is 8.51. The van der Waals surface area contributed by atoms with Crippen molar-refractivity contribution in [3.63, 3.8) is 0 Å². The minimum atomic E-state index is -0.778. The van der Waals surface area contributed by atoms with E-state index < -0.39 is 23.4 Å². The van der Waals surface area contributed by atoms with Crippen molar-refractivity contribution in [2.45, 2.75) is 86.9 Å². The number of carbonyl (C=O) groups is 4. The lowest BCUT2D eigenvalue weighted by atomic mass is 10.1. The van der Waals surface area contributed by atoms with Gasteiger partial charge in [-0.1, -0.05) is 44.2 Å². The lowest BCUT2D eigenvalue weighted by Crippen LogP contribution is -2.40. The van der Waals surface area contributed by atoms with Gasteiger partial charge in [-0.2, -0.15) is 0 Å². The van der Waals surface area contributed by atoms with Crippen LogP contribution in [0.3, 0.4) is 0 Å². The molecule has 1 N–H and O–H groups in total. The van der Waals surface area contributed by atoms with Crippen LogP contribution in [0.4, 0.5) is 21.0 Å². The molecule has 1 aromatic heterocycles. The standard InChI is InChI=1S/C41H43N5O6.C2H6/c1-25-21-31-34(23-30(25)43-38(49)51-40(3,4)5)46(27-15-10-9-11-16-27)35-24-33(26(2)22-32(35)42-31)44(39(50)52-41(6,7)8)19-14-20-45-36(47)28-17-12-13-18-29(28)37(45)48;1-2/h9-13,15-18,21-24H,14,19-20H2,1-8H3;1-2H3/p+1. The van der Waals surface area contributed by atoms with Crippen LogP contribution < -0.4 is 14.8 Å². The lowest BCUT2D eigenvalue weighted by molar-refractivity contribution is -0.538. The van der Waals surface area contributed by atoms with Gasteiger partial charge in [-0.05, 0) is 97.2 Å². The third-order valence-electron chi connectivity index (χ3n) is 8.53. The van der Waals surface area contributed by atoms with Crippen LogP contribution in [-0.2, 0) is 9.47 Å². The quantitative estimate of drug-likeness (QED) is 0.101. The Morgan fingerprint density at radius 1 is 0.759 bits per heavy atom. The van der Waals surface area contributed by atoms with Crippen molar-refractivity contribution in [1.29, 1.82) is 0 Å². The molecule has 5 aromatic rings. The van der Waals surface area contributed by atoms with Crippen molar-refractivity contribution in [3.8, 4) is 5.69 Å². The van der Waals surface area contributed by atoms with Gasteiger partial charge in [0.05, 0.1) is 22.5 Å². The van der Waals surface area contributed by atoms with E-state index in [-0.39, 0.29) is 24.9 Å². The zero-order valence-corrected chi connectivity index (χ0v) is 32.9. The average Bonchev–Trinajstić information content (AvgIpc) is 3.34. The van der Waals surface area contributed by atoms with Crippen LogP contribution >= 0.6 is 0 Å². The highest BCUT2D eigenvalue weighted by atomic mass is 16.6. The molecule has 0 atom stereocenters. The molecule has 1 aliphatic heterocycles. The molecule has 2 heterocycles. The molecule has 0 radical (unpaired) electrons. The largest absolute Gasteiger partial charge is 0.444 e. The second-order valence-corrected chi connectivity index (χ2v) is 15.0. The van der Waals surface area contributed by atoms with E-state index in [2.05, 4.69) is 5.32 Å². The van der Waals surface area contributed by atoms with Crippen molar-refractivity contribution < 1.29 is 33.2 Å². The summed E-state index contributed by atoms with van der Waals surface area (Å²) in [4.78, 5) is 60.7. The lowest BCUT2D eigenvalue weighted by Gasteiger charge is -2.29. The molecule has 0 fully saturated rings. The number of aryl methyl sites for hydroxylation is 2. The van der Waals surface area contributed by atoms with Crippen molar-refractivity contribution in [1.82, 2.24) is 9.88 Å². The van der Waals surface area contributed by atoms with E-state index in [0.29, 0.717) is 45.5 Å². The van der Waals surface area contributed by atoms with Gasteiger partial charge in [0.25, 0.3) is 11.8 Å². The molecule has 6 rings (SSSR count). The molecule has 11 heteroatoms. The van der Waals surface area contributed by atoms with Crippen molar-refractivity contribution in [2.75, 3.05) is 23.3 Å². The summed E-state index contributed by atoms with van der Waals surface area (Å²) in [6.07, 6.45) is -0.811. The molecule has 282 valence electrons. The summed E-state index contributed by atoms with van der Waals surface area (Å²) in [7, 11) is 0. The number of amides is 4. The van der Waals surface area contributed by atoms with Gasteiger partial charge in [-0.15, -0.1) is 4.57 Å². The number of imide groups is 1. The third-order valence-corrected chi connectivity index (χ3v) is 8.53. The fourth-order valence-electron chi connectivity index (χ4n) is 6.30. The normalized spacial score (nSPS) is 12.7. The maximum absolute atomic E-state index is 13.9. The van der Waals surface area contributed by atoms with Crippen LogP contribution in [0.25, 0.3) is 27.8 Å². The highest BCUT2D eigenvalue weighted by molar-refractivity contribution is 6.21. The van der Waals surface area contributed by atoms with Crippen LogP contribution in [-0.4, -0.2) is 58.2 Å². The molecule has 11 nitrogen and oxygen atoms in total. The van der Waals surface area contributed by atoms with Crippen LogP contribution in [0, 0.1) is 13.8 Å². The number of nitrogens with zero attached hydrogens (tertiary/aromatic N) is 4. The maximum Gasteiger partial charge on any atom is 0.414 e. The van der Waals surface area contributed by atoms with Gasteiger partial charge in [0.1, 0.15) is 22.2 Å². The highest BCUT2D eigenvalue weighted by Gasteiger charge is 2.35. The molecule has 4 aromatic carbocycles. The summed E-state index contributed by atoms with van der Waals surface area (Å²) in [6.45, 7) is 19.0. The van der Waals surface area contributed by atoms with E-state index in [9.17, 15) is 19.2 Å². The number of hydrogen-bond acceptors (Lipinski definition) is 7. The Morgan fingerprint density at radius 3 is 1.87 bits per heavy atom. The van der Waals surface area contributed by atoms with Crippen LogP contribution in [0.1, 0.15) is 93.7 Å². The van der Waals surface area contributed by atoms with Crippen LogP contribution in [0.2, 0.25) is 0 Å². The van der Waals surface area contributed by atoms with Crippen molar-refractivity contribution in [2.24, 2.45) is 0 Å². The Labute approximate surface area is 316 Å². The first-order valence-electron chi connectivity index (χ1n) is 18.3. The van der Waals surface area contributed by atoms with Crippen LogP contribution in [0.15, 0.2) is 78.9 Å². The SMILES string of the molecule is CC.Cc1cc2nc3cc(C)c(N(CCCN4C(=O)c5ccccc5C4=O)C(=O)OC(C)(C)C)cc3[n+](-c3ccccc3)c2cc1NC(=O)OC(C)(C)C. The number of fused-ring (bicyclic) bond motifs is 3. The van der Waals surface area contributed by atoms with Gasteiger partial charge in [0.2, 0.25) is 16.7 Å². The molecular weight excluding hydrogens is 683 g/mol. The summed E-state index contributed by atoms with van der Waals surface area (Å²) >= 11 is 0. The zero-order chi connectivity index (χ0) is 39.5. The van der Waals surface area contributed by atoms with Gasteiger partial charge < -0.3 is 9.47 Å². The number of ether oxygens (including phenoxy) is 2. The Kier molecular flexibility index (Phi) is 11.4. The van der Waals surface area contributed by atoms with E-state index in [4.69, 9.17) is 14.5 Å². The van der Waals surface area contributed by atoms with E-state index in [1.807, 2.05) is 108 Å². The van der Waals surface area contributed by atoms with E-state index in [0.717, 1.165) is 22.3 Å². The van der Waals surface area contributed by atoms with Crippen molar-refractivity contribution in [3.05, 3.63) is 101 Å².